The molecule has 1 N–H and O–H groups in total. The van der Waals surface area contributed by atoms with Gasteiger partial charge in [-0.25, -0.2) is 0 Å². The van der Waals surface area contributed by atoms with Crippen LogP contribution in [-0.2, 0) is 4.74 Å². The van der Waals surface area contributed by atoms with Crippen LogP contribution in [0.2, 0.25) is 5.02 Å². The van der Waals surface area contributed by atoms with E-state index in [4.69, 9.17) is 38.1 Å². The molecule has 0 aliphatic carbocycles. The number of ether oxygens (including phenoxy) is 1. The minimum Gasteiger partial charge on any atom is -0.376 e. The maximum absolute atomic E-state index is 6.17. The number of nitrogens with one attached hydrogen (secondary N) is 1. The van der Waals surface area contributed by atoms with E-state index in [0.29, 0.717) is 28.4 Å². The maximum Gasteiger partial charge on any atom is 0.258 e. The summed E-state index contributed by atoms with van der Waals surface area (Å²) < 4.78 is 11.7. The molecule has 2 aromatic carbocycles. The molecule has 33 heavy (non-hydrogen) atoms. The smallest absolute Gasteiger partial charge is 0.258 e. The summed E-state index contributed by atoms with van der Waals surface area (Å²) >= 11 is 12.0. The Morgan fingerprint density at radius 1 is 1.18 bits per heavy atom. The highest BCUT2D eigenvalue weighted by molar-refractivity contribution is 7.80. The monoisotopic (exact) mass is 480 g/mol. The van der Waals surface area contributed by atoms with Crippen LogP contribution in [0.25, 0.3) is 17.0 Å². The summed E-state index contributed by atoms with van der Waals surface area (Å²) in [6.07, 6.45) is 2.26. The highest BCUT2D eigenvalue weighted by Gasteiger charge is 2.35. The average Bonchev–Trinajstić information content (AvgIpc) is 3.49. The fourth-order valence-electron chi connectivity index (χ4n) is 4.36. The summed E-state index contributed by atoms with van der Waals surface area (Å²) in [7, 11) is 0. The first-order valence-corrected chi connectivity index (χ1v) is 11.8. The lowest BCUT2D eigenvalue weighted by Gasteiger charge is -2.38. The first kappa shape index (κ1) is 22.1. The van der Waals surface area contributed by atoms with E-state index in [9.17, 15) is 0 Å². The molecule has 3 aromatic rings. The van der Waals surface area contributed by atoms with Gasteiger partial charge in [-0.2, -0.15) is 4.98 Å². The number of hydrogen-bond donors (Lipinski definition) is 1. The molecule has 0 spiro atoms. The molecule has 0 radical (unpaired) electrons. The third-order valence-corrected chi connectivity index (χ3v) is 6.73. The number of aryl methyl sites for hydroxylation is 1. The van der Waals surface area contributed by atoms with Crippen molar-refractivity contribution in [2.45, 2.75) is 38.8 Å². The van der Waals surface area contributed by atoms with E-state index in [1.54, 1.807) is 0 Å². The van der Waals surface area contributed by atoms with E-state index in [1.807, 2.05) is 24.3 Å². The molecule has 2 aliphatic rings. The first-order valence-electron chi connectivity index (χ1n) is 11.1. The largest absolute Gasteiger partial charge is 0.376 e. The molecule has 5 rings (SSSR count). The number of hydrogen-bond acceptors (Lipinski definition) is 5. The van der Waals surface area contributed by atoms with E-state index in [2.05, 4.69) is 53.5 Å². The van der Waals surface area contributed by atoms with Crippen molar-refractivity contribution in [1.82, 2.24) is 20.4 Å². The van der Waals surface area contributed by atoms with Crippen LogP contribution < -0.4 is 5.32 Å². The number of rotatable bonds is 5. The van der Waals surface area contributed by atoms with Crippen LogP contribution in [0.5, 0.6) is 0 Å². The third-order valence-electron chi connectivity index (χ3n) is 6.16. The third kappa shape index (κ3) is 4.53. The Hall–Kier alpha value is -2.74. The second-order valence-electron chi connectivity index (χ2n) is 8.47. The van der Waals surface area contributed by atoms with Gasteiger partial charge in [-0.3, -0.25) is 0 Å². The molecule has 3 heterocycles. The Bertz CT molecular complexity index is 1200. The van der Waals surface area contributed by atoms with Gasteiger partial charge in [0, 0.05) is 22.9 Å². The minimum absolute atomic E-state index is 0.154. The molecule has 8 heteroatoms. The van der Waals surface area contributed by atoms with E-state index >= 15 is 0 Å². The fraction of sp³-hybridized carbons (Fsp3) is 0.320. The lowest BCUT2D eigenvalue weighted by Crippen LogP contribution is -2.48. The zero-order chi connectivity index (χ0) is 22.9. The van der Waals surface area contributed by atoms with Gasteiger partial charge >= 0.3 is 0 Å². The van der Waals surface area contributed by atoms with Crippen molar-refractivity contribution in [2.24, 2.45) is 0 Å². The van der Waals surface area contributed by atoms with Crippen LogP contribution in [0.15, 0.2) is 58.8 Å². The number of halogens is 1. The summed E-state index contributed by atoms with van der Waals surface area (Å²) in [6.45, 7) is 5.62. The van der Waals surface area contributed by atoms with Crippen molar-refractivity contribution in [1.29, 1.82) is 0 Å². The van der Waals surface area contributed by atoms with E-state index in [1.165, 1.54) is 5.56 Å². The van der Waals surface area contributed by atoms with Crippen LogP contribution >= 0.6 is 23.8 Å². The highest BCUT2D eigenvalue weighted by atomic mass is 35.5. The number of thiocarbonyl (C=S) groups is 1. The van der Waals surface area contributed by atoms with E-state index < -0.39 is 0 Å². The number of aromatic nitrogens is 2. The summed E-state index contributed by atoms with van der Waals surface area (Å²) in [5, 5.41) is 9.05. The SMILES string of the molecule is CC1=C(c2nc(-c3cccc(Cl)c3)no2)C(c2ccc(C)cc2)NC(=S)N1CC1CCCO1. The van der Waals surface area contributed by atoms with E-state index in [-0.39, 0.29) is 12.1 Å². The Morgan fingerprint density at radius 2 is 2.00 bits per heavy atom. The quantitative estimate of drug-likeness (QED) is 0.481. The van der Waals surface area contributed by atoms with Gasteiger partial charge in [0.25, 0.3) is 5.89 Å². The lowest BCUT2D eigenvalue weighted by atomic mass is 9.94. The Balaban J connectivity index is 1.57. The lowest BCUT2D eigenvalue weighted by molar-refractivity contribution is 0.0962. The van der Waals surface area contributed by atoms with E-state index in [0.717, 1.165) is 41.8 Å². The molecule has 2 unspecified atom stereocenters. The second kappa shape index (κ2) is 9.25. The zero-order valence-corrected chi connectivity index (χ0v) is 20.1. The molecule has 1 saturated heterocycles. The Morgan fingerprint density at radius 3 is 2.73 bits per heavy atom. The summed E-state index contributed by atoms with van der Waals surface area (Å²) in [5.74, 6) is 0.953. The predicted molar refractivity (Wildman–Crippen MR) is 133 cm³/mol. The molecule has 2 aliphatic heterocycles. The van der Waals surface area contributed by atoms with Crippen LogP contribution in [-0.4, -0.2) is 39.4 Å². The molecule has 170 valence electrons. The van der Waals surface area contributed by atoms with Crippen LogP contribution in [0, 0.1) is 6.92 Å². The molecule has 1 aromatic heterocycles. The molecule has 1 fully saturated rings. The van der Waals surface area contributed by atoms with Gasteiger partial charge < -0.3 is 19.5 Å². The number of nitrogens with zero attached hydrogens (tertiary/aromatic N) is 3. The molecule has 0 amide bonds. The predicted octanol–water partition coefficient (Wildman–Crippen LogP) is 5.54. The fourth-order valence-corrected chi connectivity index (χ4v) is 4.88. The van der Waals surface area contributed by atoms with Crippen molar-refractivity contribution in [3.05, 3.63) is 76.3 Å². The zero-order valence-electron chi connectivity index (χ0n) is 18.5. The van der Waals surface area contributed by atoms with Crippen molar-refractivity contribution in [2.75, 3.05) is 13.2 Å². The van der Waals surface area contributed by atoms with Gasteiger partial charge in [-0.05, 0) is 56.6 Å². The van der Waals surface area contributed by atoms with Gasteiger partial charge in [-0.15, -0.1) is 0 Å². The summed E-state index contributed by atoms with van der Waals surface area (Å²) in [4.78, 5) is 6.84. The van der Waals surface area contributed by atoms with Gasteiger partial charge in [0.05, 0.1) is 24.3 Å². The maximum atomic E-state index is 6.17. The van der Waals surface area contributed by atoms with Crippen LogP contribution in [0.4, 0.5) is 0 Å². The molecule has 0 saturated carbocycles. The molecule has 2 atom stereocenters. The van der Waals surface area contributed by atoms with Crippen molar-refractivity contribution >= 4 is 34.5 Å². The number of allylic oxidation sites excluding steroid dienone is 1. The van der Waals surface area contributed by atoms with Gasteiger partial charge in [0.15, 0.2) is 5.11 Å². The summed E-state index contributed by atoms with van der Waals surface area (Å²) in [5.41, 5.74) is 4.97. The standard InChI is InChI=1S/C25H25ClN4O2S/c1-15-8-10-17(11-9-15)22-21(16(2)30(25(33)27-22)14-20-7-4-12-31-20)24-28-23(29-32-24)18-5-3-6-19(26)13-18/h3,5-6,8-11,13,20,22H,4,7,12,14H2,1-2H3,(H,27,33). The molecular weight excluding hydrogens is 456 g/mol. The normalized spacial score (nSPS) is 20.9. The van der Waals surface area contributed by atoms with Crippen LogP contribution in [0.1, 0.15) is 42.8 Å². The van der Waals surface area contributed by atoms with Gasteiger partial charge in [0.1, 0.15) is 0 Å². The average molecular weight is 481 g/mol. The first-order chi connectivity index (χ1) is 16.0. The molecule has 0 bridgehead atoms. The molecular formula is C25H25ClN4O2S. The van der Waals surface area contributed by atoms with Crippen molar-refractivity contribution < 1.29 is 9.26 Å². The highest BCUT2D eigenvalue weighted by Crippen LogP contribution is 2.38. The van der Waals surface area contributed by atoms with Gasteiger partial charge in [-0.1, -0.05) is 58.7 Å². The Kier molecular flexibility index (Phi) is 6.19. The van der Waals surface area contributed by atoms with Crippen molar-refractivity contribution in [3.63, 3.8) is 0 Å². The Labute approximate surface area is 203 Å². The van der Waals surface area contributed by atoms with Gasteiger partial charge in [0.2, 0.25) is 5.82 Å². The topological polar surface area (TPSA) is 63.4 Å². The second-order valence-corrected chi connectivity index (χ2v) is 9.29. The number of benzene rings is 2. The van der Waals surface area contributed by atoms with Crippen LogP contribution in [0.3, 0.4) is 0 Å². The molecule has 6 nitrogen and oxygen atoms in total. The minimum atomic E-state index is -0.202. The van der Waals surface area contributed by atoms with Crippen molar-refractivity contribution in [3.8, 4) is 11.4 Å². The summed E-state index contributed by atoms with van der Waals surface area (Å²) in [6, 6.07) is 15.6.